The number of rotatable bonds is 5. The second kappa shape index (κ2) is 11.7. The van der Waals surface area contributed by atoms with Gasteiger partial charge in [0.2, 0.25) is 0 Å². The van der Waals surface area contributed by atoms with Gasteiger partial charge < -0.3 is 28.4 Å². The van der Waals surface area contributed by atoms with Crippen LogP contribution in [0, 0.1) is 40.4 Å². The average molecular weight is 645 g/mol. The maximum atomic E-state index is 13.9. The van der Waals surface area contributed by atoms with Crippen LogP contribution in [-0.4, -0.2) is 62.1 Å². The third kappa shape index (κ3) is 5.17. The van der Waals surface area contributed by atoms with Crippen molar-refractivity contribution in [3.8, 4) is 0 Å². The molecule has 0 bridgehead atoms. The standard InChI is InChI=1S/C39H48O8/c1-36-16-17-39(44-20-21-45-39)23-27(36)22-29(46-34(40)25-10-6-4-7-11-25)32-28-14-15-31(38(3)42-18-19-43-38)37(28,2)24-30(33(32)36)47-35(41)26-12-8-5-9-13-26/h4-13,27-33H,14-24H2,1-3H3. The quantitative estimate of drug-likeness (QED) is 0.328. The number of hydrogen-bond donors (Lipinski definition) is 0. The van der Waals surface area contributed by atoms with Crippen molar-refractivity contribution < 1.29 is 38.0 Å². The fourth-order valence-electron chi connectivity index (χ4n) is 11.4. The van der Waals surface area contributed by atoms with Crippen molar-refractivity contribution in [1.29, 1.82) is 0 Å². The fourth-order valence-corrected chi connectivity index (χ4v) is 11.4. The number of carbonyl (C=O) groups excluding carboxylic acids is 2. The van der Waals surface area contributed by atoms with Gasteiger partial charge >= 0.3 is 11.9 Å². The Labute approximate surface area is 277 Å². The van der Waals surface area contributed by atoms with Crippen LogP contribution in [-0.2, 0) is 28.4 Å². The molecule has 9 unspecified atom stereocenters. The summed E-state index contributed by atoms with van der Waals surface area (Å²) in [5, 5.41) is 0. The molecule has 8 heteroatoms. The molecule has 8 nitrogen and oxygen atoms in total. The highest BCUT2D eigenvalue weighted by Gasteiger charge is 2.70. The Hall–Kier alpha value is -2.78. The molecule has 2 aliphatic heterocycles. The zero-order valence-corrected chi connectivity index (χ0v) is 27.9. The van der Waals surface area contributed by atoms with Crippen LogP contribution in [0.15, 0.2) is 60.7 Å². The zero-order valence-electron chi connectivity index (χ0n) is 27.9. The summed E-state index contributed by atoms with van der Waals surface area (Å²) < 4.78 is 38.5. The fraction of sp³-hybridized carbons (Fsp3) is 0.641. The lowest BCUT2D eigenvalue weighted by molar-refractivity contribution is -0.267. The monoisotopic (exact) mass is 644 g/mol. The molecular formula is C39H48O8. The van der Waals surface area contributed by atoms with Gasteiger partial charge in [-0.3, -0.25) is 0 Å². The minimum Gasteiger partial charge on any atom is -0.458 e. The average Bonchev–Trinajstić information content (AvgIpc) is 3.81. The number of hydrogen-bond acceptors (Lipinski definition) is 8. The number of fused-ring (bicyclic) bond motifs is 5. The molecule has 6 fully saturated rings. The molecule has 4 aliphatic carbocycles. The summed E-state index contributed by atoms with van der Waals surface area (Å²) in [4.78, 5) is 27.7. The van der Waals surface area contributed by atoms with Gasteiger partial charge in [-0.15, -0.1) is 0 Å². The minimum atomic E-state index is -0.698. The van der Waals surface area contributed by atoms with Crippen LogP contribution in [0.25, 0.3) is 0 Å². The van der Waals surface area contributed by atoms with E-state index in [0.29, 0.717) is 44.0 Å². The molecular weight excluding hydrogens is 596 g/mol. The number of ether oxygens (including phenoxy) is 6. The van der Waals surface area contributed by atoms with Crippen LogP contribution in [0.2, 0.25) is 0 Å². The molecule has 2 aromatic carbocycles. The summed E-state index contributed by atoms with van der Waals surface area (Å²) in [5.74, 6) is -1.35. The van der Waals surface area contributed by atoms with Crippen LogP contribution in [0.5, 0.6) is 0 Å². The third-order valence-corrected chi connectivity index (χ3v) is 13.4. The molecule has 0 aromatic heterocycles. The van der Waals surface area contributed by atoms with Crippen LogP contribution in [0.3, 0.4) is 0 Å². The van der Waals surface area contributed by atoms with Crippen molar-refractivity contribution in [2.24, 2.45) is 40.4 Å². The minimum absolute atomic E-state index is 0.00344. The molecule has 8 rings (SSSR count). The normalized spacial score (nSPS) is 39.9. The highest BCUT2D eigenvalue weighted by Crippen LogP contribution is 2.70. The van der Waals surface area contributed by atoms with Crippen LogP contribution in [0.1, 0.15) is 86.4 Å². The van der Waals surface area contributed by atoms with Gasteiger partial charge in [0.1, 0.15) is 12.2 Å². The first-order valence-electron chi connectivity index (χ1n) is 17.7. The van der Waals surface area contributed by atoms with Gasteiger partial charge in [-0.2, -0.15) is 0 Å². The van der Waals surface area contributed by atoms with Crippen LogP contribution < -0.4 is 0 Å². The first-order chi connectivity index (χ1) is 22.6. The topological polar surface area (TPSA) is 89.5 Å². The van der Waals surface area contributed by atoms with E-state index < -0.39 is 11.6 Å². The molecule has 2 aromatic rings. The largest absolute Gasteiger partial charge is 0.458 e. The van der Waals surface area contributed by atoms with Gasteiger partial charge in [-0.1, -0.05) is 50.2 Å². The van der Waals surface area contributed by atoms with Gasteiger partial charge in [0, 0.05) is 30.6 Å². The van der Waals surface area contributed by atoms with E-state index in [9.17, 15) is 9.59 Å². The van der Waals surface area contributed by atoms with Crippen LogP contribution in [0.4, 0.5) is 0 Å². The zero-order chi connectivity index (χ0) is 32.4. The molecule has 2 saturated heterocycles. The van der Waals surface area contributed by atoms with Gasteiger partial charge in [0.05, 0.1) is 37.6 Å². The van der Waals surface area contributed by atoms with E-state index >= 15 is 0 Å². The summed E-state index contributed by atoms with van der Waals surface area (Å²) in [6.45, 7) is 9.20. The summed E-state index contributed by atoms with van der Waals surface area (Å²) in [5.41, 5.74) is 0.686. The highest BCUT2D eigenvalue weighted by molar-refractivity contribution is 5.90. The van der Waals surface area contributed by atoms with Crippen molar-refractivity contribution in [1.82, 2.24) is 0 Å². The SMILES string of the molecule is CC1(C2CCC3C4C(OC(=O)c5ccccc5)CC5CC6(CCC5(C)C4C(OC(=O)c4ccccc4)CC32C)OCCO6)OCCO1. The third-order valence-electron chi connectivity index (χ3n) is 13.4. The van der Waals surface area contributed by atoms with E-state index in [1.165, 1.54) is 0 Å². The lowest BCUT2D eigenvalue weighted by Crippen LogP contribution is -2.65. The van der Waals surface area contributed by atoms with Gasteiger partial charge in [0.15, 0.2) is 11.6 Å². The predicted octanol–water partition coefficient (Wildman–Crippen LogP) is 6.82. The molecule has 1 spiro atoms. The molecule has 9 atom stereocenters. The number of carbonyl (C=O) groups is 2. The van der Waals surface area contributed by atoms with Crippen molar-refractivity contribution >= 4 is 11.9 Å². The Bertz CT molecular complexity index is 1470. The molecule has 0 radical (unpaired) electrons. The molecule has 6 aliphatic rings. The lowest BCUT2D eigenvalue weighted by Gasteiger charge is -2.65. The summed E-state index contributed by atoms with van der Waals surface area (Å²) in [6, 6.07) is 18.6. The van der Waals surface area contributed by atoms with Gasteiger partial charge in [-0.05, 0) is 86.0 Å². The Morgan fingerprint density at radius 3 is 1.87 bits per heavy atom. The van der Waals surface area contributed by atoms with E-state index in [1.54, 1.807) is 0 Å². The first kappa shape index (κ1) is 31.5. The van der Waals surface area contributed by atoms with Crippen molar-refractivity contribution in [3.05, 3.63) is 71.8 Å². The Balaban J connectivity index is 1.22. The Morgan fingerprint density at radius 2 is 1.26 bits per heavy atom. The molecule has 0 amide bonds. The summed E-state index contributed by atoms with van der Waals surface area (Å²) in [6.07, 6.45) is 5.11. The van der Waals surface area contributed by atoms with Crippen LogP contribution >= 0.6 is 0 Å². The Morgan fingerprint density at radius 1 is 0.681 bits per heavy atom. The molecule has 0 N–H and O–H groups in total. The van der Waals surface area contributed by atoms with E-state index in [0.717, 1.165) is 38.5 Å². The van der Waals surface area contributed by atoms with E-state index in [-0.39, 0.29) is 64.6 Å². The first-order valence-corrected chi connectivity index (χ1v) is 17.7. The van der Waals surface area contributed by atoms with Gasteiger partial charge in [0.25, 0.3) is 0 Å². The number of esters is 2. The van der Waals surface area contributed by atoms with Crippen molar-refractivity contribution in [3.63, 3.8) is 0 Å². The number of benzene rings is 2. The molecule has 252 valence electrons. The second-order valence-electron chi connectivity index (χ2n) is 15.6. The summed E-state index contributed by atoms with van der Waals surface area (Å²) >= 11 is 0. The smallest absolute Gasteiger partial charge is 0.338 e. The molecule has 2 heterocycles. The maximum Gasteiger partial charge on any atom is 0.338 e. The van der Waals surface area contributed by atoms with Crippen molar-refractivity contribution in [2.75, 3.05) is 26.4 Å². The highest BCUT2D eigenvalue weighted by atomic mass is 16.7. The maximum absolute atomic E-state index is 13.9. The molecule has 47 heavy (non-hydrogen) atoms. The summed E-state index contributed by atoms with van der Waals surface area (Å²) in [7, 11) is 0. The molecule has 4 saturated carbocycles. The van der Waals surface area contributed by atoms with E-state index in [1.807, 2.05) is 60.7 Å². The van der Waals surface area contributed by atoms with Crippen molar-refractivity contribution in [2.45, 2.75) is 89.5 Å². The van der Waals surface area contributed by atoms with E-state index in [2.05, 4.69) is 20.8 Å². The Kier molecular flexibility index (Phi) is 7.82. The van der Waals surface area contributed by atoms with E-state index in [4.69, 9.17) is 28.4 Å². The predicted molar refractivity (Wildman–Crippen MR) is 172 cm³/mol. The second-order valence-corrected chi connectivity index (χ2v) is 15.6. The lowest BCUT2D eigenvalue weighted by atomic mass is 9.42. The van der Waals surface area contributed by atoms with Gasteiger partial charge in [-0.25, -0.2) is 9.59 Å².